The zero-order valence-corrected chi connectivity index (χ0v) is 16.5. The van der Waals surface area contributed by atoms with Crippen molar-refractivity contribution >= 4 is 48.3 Å². The Bertz CT molecular complexity index is 803. The van der Waals surface area contributed by atoms with Gasteiger partial charge in [-0.25, -0.2) is 17.7 Å². The lowest BCUT2D eigenvalue weighted by molar-refractivity contribution is 0.329. The first-order valence-electron chi connectivity index (χ1n) is 7.97. The van der Waals surface area contributed by atoms with Crippen LogP contribution in [0.15, 0.2) is 12.1 Å². The second-order valence-electron chi connectivity index (χ2n) is 6.51. The van der Waals surface area contributed by atoms with Crippen LogP contribution in [-0.4, -0.2) is 50.6 Å². The standard InChI is InChI=1S/C16H22ClN3O2S2/c1-11-4-5-13(17)15-14(11)18-16(23-15)20-8-6-12(7-9-20)10-19(2)24(3,21)22/h4-5,12H,6-10H2,1-3H3. The van der Waals surface area contributed by atoms with Gasteiger partial charge in [0.05, 0.1) is 21.5 Å². The van der Waals surface area contributed by atoms with E-state index in [2.05, 4.69) is 11.8 Å². The second kappa shape index (κ2) is 6.78. The molecule has 0 bridgehead atoms. The number of thiazole rings is 1. The van der Waals surface area contributed by atoms with Gasteiger partial charge in [-0.2, -0.15) is 0 Å². The average molecular weight is 388 g/mol. The van der Waals surface area contributed by atoms with E-state index in [0.29, 0.717) is 12.5 Å². The van der Waals surface area contributed by atoms with Crippen LogP contribution in [0.4, 0.5) is 5.13 Å². The van der Waals surface area contributed by atoms with Crippen LogP contribution in [0, 0.1) is 12.8 Å². The Balaban J connectivity index is 1.69. The van der Waals surface area contributed by atoms with Crippen LogP contribution in [0.25, 0.3) is 10.2 Å². The molecule has 1 aromatic carbocycles. The van der Waals surface area contributed by atoms with Crippen LogP contribution in [-0.2, 0) is 10.0 Å². The number of fused-ring (bicyclic) bond motifs is 1. The van der Waals surface area contributed by atoms with Gasteiger partial charge in [0, 0.05) is 26.7 Å². The molecule has 2 heterocycles. The van der Waals surface area contributed by atoms with Crippen LogP contribution in [0.5, 0.6) is 0 Å². The molecule has 0 N–H and O–H groups in total. The Hall–Kier alpha value is -0.890. The fraction of sp³-hybridized carbons (Fsp3) is 0.562. The van der Waals surface area contributed by atoms with Crippen LogP contribution in [0.3, 0.4) is 0 Å². The number of aryl methyl sites for hydroxylation is 1. The summed E-state index contributed by atoms with van der Waals surface area (Å²) in [7, 11) is -1.45. The number of hydrogen-bond acceptors (Lipinski definition) is 5. The van der Waals surface area contributed by atoms with Gasteiger partial charge in [0.1, 0.15) is 0 Å². The van der Waals surface area contributed by atoms with Gasteiger partial charge in [0.15, 0.2) is 5.13 Å². The molecule has 0 spiro atoms. The third-order valence-corrected chi connectivity index (χ3v) is 7.51. The summed E-state index contributed by atoms with van der Waals surface area (Å²) in [5.74, 6) is 0.403. The molecular formula is C16H22ClN3O2S2. The van der Waals surface area contributed by atoms with Gasteiger partial charge in [-0.3, -0.25) is 0 Å². The molecule has 3 rings (SSSR count). The summed E-state index contributed by atoms with van der Waals surface area (Å²) >= 11 is 7.93. The molecule has 1 aromatic heterocycles. The van der Waals surface area contributed by atoms with E-state index < -0.39 is 10.0 Å². The number of sulfonamides is 1. The normalized spacial score (nSPS) is 17.1. The lowest BCUT2D eigenvalue weighted by atomic mass is 9.97. The van der Waals surface area contributed by atoms with Gasteiger partial charge >= 0.3 is 0 Å². The number of aromatic nitrogens is 1. The Morgan fingerprint density at radius 1 is 1.38 bits per heavy atom. The van der Waals surface area contributed by atoms with E-state index in [1.54, 1.807) is 18.4 Å². The number of hydrogen-bond donors (Lipinski definition) is 0. The topological polar surface area (TPSA) is 53.5 Å². The van der Waals surface area contributed by atoms with Crippen molar-refractivity contribution in [2.45, 2.75) is 19.8 Å². The first kappa shape index (κ1) is 17.9. The van der Waals surface area contributed by atoms with E-state index >= 15 is 0 Å². The van der Waals surface area contributed by atoms with Crippen molar-refractivity contribution in [1.29, 1.82) is 0 Å². The van der Waals surface area contributed by atoms with Crippen LogP contribution >= 0.6 is 22.9 Å². The maximum atomic E-state index is 11.5. The number of nitrogens with zero attached hydrogens (tertiary/aromatic N) is 3. The summed E-state index contributed by atoms with van der Waals surface area (Å²) in [4.78, 5) is 7.06. The summed E-state index contributed by atoms with van der Waals surface area (Å²) in [6.07, 6.45) is 3.21. The highest BCUT2D eigenvalue weighted by Crippen LogP contribution is 2.36. The number of anilines is 1. The van der Waals surface area contributed by atoms with Gasteiger partial charge < -0.3 is 4.90 Å². The number of rotatable bonds is 4. The molecule has 0 unspecified atom stereocenters. The summed E-state index contributed by atoms with van der Waals surface area (Å²) in [6, 6.07) is 3.93. The molecule has 1 fully saturated rings. The van der Waals surface area contributed by atoms with E-state index in [0.717, 1.165) is 51.9 Å². The minimum atomic E-state index is -3.10. The molecule has 1 aliphatic heterocycles. The Kier molecular flexibility index (Phi) is 5.06. The van der Waals surface area contributed by atoms with Gasteiger partial charge in [0.2, 0.25) is 10.0 Å². The highest BCUT2D eigenvalue weighted by Gasteiger charge is 2.25. The first-order valence-corrected chi connectivity index (χ1v) is 11.0. The minimum absolute atomic E-state index is 0.403. The lowest BCUT2D eigenvalue weighted by Gasteiger charge is -2.33. The largest absolute Gasteiger partial charge is 0.348 e. The lowest BCUT2D eigenvalue weighted by Crippen LogP contribution is -2.39. The number of halogens is 1. The molecule has 0 saturated carbocycles. The Morgan fingerprint density at radius 3 is 2.62 bits per heavy atom. The van der Waals surface area contributed by atoms with Gasteiger partial charge in [-0.05, 0) is 37.3 Å². The fourth-order valence-corrected chi connectivity index (χ4v) is 4.88. The molecule has 0 atom stereocenters. The zero-order chi connectivity index (χ0) is 17.5. The summed E-state index contributed by atoms with van der Waals surface area (Å²) in [5.41, 5.74) is 2.13. The van der Waals surface area contributed by atoms with Gasteiger partial charge in [0.25, 0.3) is 0 Å². The number of benzene rings is 1. The van der Waals surface area contributed by atoms with Crippen molar-refractivity contribution in [2.24, 2.45) is 5.92 Å². The molecule has 0 aliphatic carbocycles. The SMILES string of the molecule is Cc1ccc(Cl)c2sc(N3CCC(CN(C)S(C)(=O)=O)CC3)nc12. The highest BCUT2D eigenvalue weighted by atomic mass is 35.5. The third kappa shape index (κ3) is 3.69. The van der Waals surface area contributed by atoms with Crippen molar-refractivity contribution in [3.8, 4) is 0 Å². The first-order chi connectivity index (χ1) is 11.3. The van der Waals surface area contributed by atoms with Crippen molar-refractivity contribution in [3.05, 3.63) is 22.7 Å². The molecule has 0 amide bonds. The Morgan fingerprint density at radius 2 is 2.04 bits per heavy atom. The molecule has 2 aromatic rings. The van der Waals surface area contributed by atoms with Crippen LogP contribution in [0.2, 0.25) is 5.02 Å². The van der Waals surface area contributed by atoms with Crippen molar-refractivity contribution < 1.29 is 8.42 Å². The summed E-state index contributed by atoms with van der Waals surface area (Å²) < 4.78 is 25.6. The molecular weight excluding hydrogens is 366 g/mol. The van der Waals surface area contributed by atoms with Crippen molar-refractivity contribution in [1.82, 2.24) is 9.29 Å². The molecule has 1 saturated heterocycles. The Labute approximate surface area is 152 Å². The molecule has 1 aliphatic rings. The van der Waals surface area contributed by atoms with Gasteiger partial charge in [-0.1, -0.05) is 29.0 Å². The smallest absolute Gasteiger partial charge is 0.210 e. The number of piperidine rings is 1. The predicted molar refractivity (Wildman–Crippen MR) is 102 cm³/mol. The van der Waals surface area contributed by atoms with Crippen LogP contribution < -0.4 is 4.90 Å². The van der Waals surface area contributed by atoms with Crippen molar-refractivity contribution in [3.63, 3.8) is 0 Å². The fourth-order valence-electron chi connectivity index (χ4n) is 3.03. The van der Waals surface area contributed by atoms with E-state index in [1.807, 2.05) is 12.1 Å². The van der Waals surface area contributed by atoms with Gasteiger partial charge in [-0.15, -0.1) is 0 Å². The van der Waals surface area contributed by atoms with E-state index in [1.165, 1.54) is 10.6 Å². The quantitative estimate of drug-likeness (QED) is 0.807. The molecule has 132 valence electrons. The minimum Gasteiger partial charge on any atom is -0.348 e. The summed E-state index contributed by atoms with van der Waals surface area (Å²) in [5, 5.41) is 1.76. The maximum absolute atomic E-state index is 11.5. The predicted octanol–water partition coefficient (Wildman–Crippen LogP) is 3.37. The highest BCUT2D eigenvalue weighted by molar-refractivity contribution is 7.88. The van der Waals surface area contributed by atoms with E-state index in [9.17, 15) is 8.42 Å². The van der Waals surface area contributed by atoms with E-state index in [4.69, 9.17) is 16.6 Å². The average Bonchev–Trinajstić information content (AvgIpc) is 2.97. The zero-order valence-electron chi connectivity index (χ0n) is 14.1. The monoisotopic (exact) mass is 387 g/mol. The third-order valence-electron chi connectivity index (χ3n) is 4.65. The molecule has 8 heteroatoms. The molecule has 0 radical (unpaired) electrons. The van der Waals surface area contributed by atoms with Crippen LogP contribution in [0.1, 0.15) is 18.4 Å². The maximum Gasteiger partial charge on any atom is 0.210 e. The molecule has 24 heavy (non-hydrogen) atoms. The summed E-state index contributed by atoms with van der Waals surface area (Å²) in [6.45, 7) is 4.45. The second-order valence-corrected chi connectivity index (χ2v) is 9.99. The van der Waals surface area contributed by atoms with Crippen molar-refractivity contribution in [2.75, 3.05) is 37.8 Å². The molecule has 5 nitrogen and oxygen atoms in total. The van der Waals surface area contributed by atoms with E-state index in [-0.39, 0.29) is 0 Å².